The summed E-state index contributed by atoms with van der Waals surface area (Å²) < 4.78 is 1.27. The molecule has 2 heteroatoms. The van der Waals surface area contributed by atoms with Gasteiger partial charge in [-0.3, -0.25) is 0 Å². The summed E-state index contributed by atoms with van der Waals surface area (Å²) in [6, 6.07) is 7.07. The third-order valence-electron chi connectivity index (χ3n) is 4.16. The average molecular weight is 340 g/mol. The van der Waals surface area contributed by atoms with Crippen LogP contribution in [0.5, 0.6) is 0 Å². The van der Waals surface area contributed by atoms with Crippen molar-refractivity contribution in [1.82, 2.24) is 5.32 Å². The van der Waals surface area contributed by atoms with E-state index < -0.39 is 0 Å². The standard InChI is InChI=1S/C18H30BrN/c1-5-8-11-15(6-2)13-17(20-7-3)16-12-9-10-14(4)18(16)19/h9-10,12,15,17,20H,5-8,11,13H2,1-4H3. The van der Waals surface area contributed by atoms with Crippen LogP contribution in [0.1, 0.15) is 70.0 Å². The van der Waals surface area contributed by atoms with Crippen molar-refractivity contribution < 1.29 is 0 Å². The van der Waals surface area contributed by atoms with Crippen LogP contribution in [-0.2, 0) is 0 Å². The fourth-order valence-corrected chi connectivity index (χ4v) is 3.36. The molecule has 0 bridgehead atoms. The molecule has 114 valence electrons. The third-order valence-corrected chi connectivity index (χ3v) is 5.24. The number of rotatable bonds is 9. The summed E-state index contributed by atoms with van der Waals surface area (Å²) in [7, 11) is 0. The molecular formula is C18H30BrN. The van der Waals surface area contributed by atoms with Gasteiger partial charge in [-0.15, -0.1) is 0 Å². The topological polar surface area (TPSA) is 12.0 Å². The maximum atomic E-state index is 3.78. The minimum absolute atomic E-state index is 0.469. The fourth-order valence-electron chi connectivity index (χ4n) is 2.82. The summed E-state index contributed by atoms with van der Waals surface area (Å²) in [6.45, 7) is 10.0. The van der Waals surface area contributed by atoms with E-state index in [1.165, 1.54) is 47.7 Å². The van der Waals surface area contributed by atoms with Crippen LogP contribution in [0.2, 0.25) is 0 Å². The van der Waals surface area contributed by atoms with Gasteiger partial charge in [0.2, 0.25) is 0 Å². The van der Waals surface area contributed by atoms with E-state index in [1.807, 2.05) is 0 Å². The molecule has 0 aliphatic carbocycles. The minimum Gasteiger partial charge on any atom is -0.310 e. The summed E-state index contributed by atoms with van der Waals surface area (Å²) in [6.07, 6.45) is 6.54. The lowest BCUT2D eigenvalue weighted by molar-refractivity contribution is 0.356. The van der Waals surface area contributed by atoms with Crippen LogP contribution in [-0.4, -0.2) is 6.54 Å². The molecule has 0 heterocycles. The summed E-state index contributed by atoms with van der Waals surface area (Å²) in [5, 5.41) is 3.68. The Labute approximate surface area is 133 Å². The van der Waals surface area contributed by atoms with E-state index in [0.717, 1.165) is 12.5 Å². The van der Waals surface area contributed by atoms with E-state index >= 15 is 0 Å². The first-order valence-electron chi connectivity index (χ1n) is 8.12. The maximum absolute atomic E-state index is 3.78. The highest BCUT2D eigenvalue weighted by molar-refractivity contribution is 9.10. The summed E-state index contributed by atoms with van der Waals surface area (Å²) >= 11 is 3.78. The zero-order chi connectivity index (χ0) is 15.0. The second-order valence-corrected chi connectivity index (χ2v) is 6.53. The van der Waals surface area contributed by atoms with Crippen LogP contribution in [0.25, 0.3) is 0 Å². The SMILES string of the molecule is CCCCC(CC)CC(NCC)c1cccc(C)c1Br. The lowest BCUT2D eigenvalue weighted by Gasteiger charge is -2.25. The highest BCUT2D eigenvalue weighted by Crippen LogP contribution is 2.32. The lowest BCUT2D eigenvalue weighted by Crippen LogP contribution is -2.24. The molecule has 0 spiro atoms. The molecule has 1 aromatic rings. The molecule has 0 aliphatic heterocycles. The van der Waals surface area contributed by atoms with Crippen LogP contribution in [0.3, 0.4) is 0 Å². The molecule has 0 aliphatic rings. The highest BCUT2D eigenvalue weighted by Gasteiger charge is 2.18. The number of aryl methyl sites for hydroxylation is 1. The average Bonchev–Trinajstić information content (AvgIpc) is 2.45. The second-order valence-electron chi connectivity index (χ2n) is 5.74. The maximum Gasteiger partial charge on any atom is 0.0334 e. The van der Waals surface area contributed by atoms with Crippen molar-refractivity contribution in [3.8, 4) is 0 Å². The highest BCUT2D eigenvalue weighted by atomic mass is 79.9. The number of hydrogen-bond donors (Lipinski definition) is 1. The Morgan fingerprint density at radius 3 is 2.55 bits per heavy atom. The van der Waals surface area contributed by atoms with E-state index in [0.29, 0.717) is 6.04 Å². The van der Waals surface area contributed by atoms with Gasteiger partial charge < -0.3 is 5.32 Å². The molecule has 0 radical (unpaired) electrons. The molecule has 2 atom stereocenters. The van der Waals surface area contributed by atoms with Gasteiger partial charge in [-0.25, -0.2) is 0 Å². The van der Waals surface area contributed by atoms with Gasteiger partial charge in [-0.05, 0) is 36.9 Å². The Hall–Kier alpha value is -0.340. The van der Waals surface area contributed by atoms with Crippen molar-refractivity contribution in [2.45, 2.75) is 65.8 Å². The molecule has 0 aromatic heterocycles. The van der Waals surface area contributed by atoms with Gasteiger partial charge >= 0.3 is 0 Å². The number of nitrogens with one attached hydrogen (secondary N) is 1. The fraction of sp³-hybridized carbons (Fsp3) is 0.667. The Morgan fingerprint density at radius 1 is 1.20 bits per heavy atom. The molecule has 0 fully saturated rings. The van der Waals surface area contributed by atoms with E-state index in [-0.39, 0.29) is 0 Å². The normalized spacial score (nSPS) is 14.2. The largest absolute Gasteiger partial charge is 0.310 e. The number of benzene rings is 1. The van der Waals surface area contributed by atoms with Crippen molar-refractivity contribution in [2.24, 2.45) is 5.92 Å². The number of unbranched alkanes of at least 4 members (excludes halogenated alkanes) is 1. The Bertz CT molecular complexity index is 389. The van der Waals surface area contributed by atoms with Crippen molar-refractivity contribution in [3.05, 3.63) is 33.8 Å². The van der Waals surface area contributed by atoms with Gasteiger partial charge in [0.25, 0.3) is 0 Å². The van der Waals surface area contributed by atoms with Gasteiger partial charge in [-0.2, -0.15) is 0 Å². The zero-order valence-electron chi connectivity index (χ0n) is 13.5. The predicted molar refractivity (Wildman–Crippen MR) is 93.2 cm³/mol. The summed E-state index contributed by atoms with van der Waals surface area (Å²) in [5.41, 5.74) is 2.74. The molecular weight excluding hydrogens is 310 g/mol. The van der Waals surface area contributed by atoms with E-state index in [4.69, 9.17) is 0 Å². The van der Waals surface area contributed by atoms with Crippen LogP contribution < -0.4 is 5.32 Å². The Morgan fingerprint density at radius 2 is 1.95 bits per heavy atom. The summed E-state index contributed by atoms with van der Waals surface area (Å²) in [5.74, 6) is 0.825. The van der Waals surface area contributed by atoms with Crippen molar-refractivity contribution in [2.75, 3.05) is 6.54 Å². The van der Waals surface area contributed by atoms with E-state index in [2.05, 4.69) is 67.1 Å². The quantitative estimate of drug-likeness (QED) is 0.580. The van der Waals surface area contributed by atoms with E-state index in [1.54, 1.807) is 0 Å². The summed E-state index contributed by atoms with van der Waals surface area (Å²) in [4.78, 5) is 0. The zero-order valence-corrected chi connectivity index (χ0v) is 15.1. The predicted octanol–water partition coefficient (Wildman–Crippen LogP) is 6.01. The molecule has 1 rings (SSSR count). The van der Waals surface area contributed by atoms with Crippen molar-refractivity contribution in [3.63, 3.8) is 0 Å². The van der Waals surface area contributed by atoms with E-state index in [9.17, 15) is 0 Å². The molecule has 1 aromatic carbocycles. The van der Waals surface area contributed by atoms with Crippen LogP contribution in [0.4, 0.5) is 0 Å². The number of hydrogen-bond acceptors (Lipinski definition) is 1. The van der Waals surface area contributed by atoms with Gasteiger partial charge in [0.1, 0.15) is 0 Å². The molecule has 1 N–H and O–H groups in total. The first kappa shape index (κ1) is 17.7. The Kier molecular flexibility index (Phi) is 8.47. The smallest absolute Gasteiger partial charge is 0.0334 e. The Balaban J connectivity index is 2.84. The van der Waals surface area contributed by atoms with Crippen LogP contribution in [0, 0.1) is 12.8 Å². The molecule has 0 saturated heterocycles. The first-order chi connectivity index (χ1) is 9.63. The molecule has 20 heavy (non-hydrogen) atoms. The monoisotopic (exact) mass is 339 g/mol. The van der Waals surface area contributed by atoms with Crippen LogP contribution in [0.15, 0.2) is 22.7 Å². The molecule has 2 unspecified atom stereocenters. The van der Waals surface area contributed by atoms with Gasteiger partial charge in [-0.1, -0.05) is 80.6 Å². The van der Waals surface area contributed by atoms with Gasteiger partial charge in [0.15, 0.2) is 0 Å². The molecule has 0 saturated carbocycles. The number of halogens is 1. The second kappa shape index (κ2) is 9.57. The van der Waals surface area contributed by atoms with Gasteiger partial charge in [0.05, 0.1) is 0 Å². The van der Waals surface area contributed by atoms with Crippen molar-refractivity contribution >= 4 is 15.9 Å². The first-order valence-corrected chi connectivity index (χ1v) is 8.91. The molecule has 1 nitrogen and oxygen atoms in total. The lowest BCUT2D eigenvalue weighted by atomic mass is 9.89. The van der Waals surface area contributed by atoms with Gasteiger partial charge in [0, 0.05) is 10.5 Å². The molecule has 0 amide bonds. The minimum atomic E-state index is 0.469. The third kappa shape index (κ3) is 5.21. The van der Waals surface area contributed by atoms with Crippen molar-refractivity contribution in [1.29, 1.82) is 0 Å². The van der Waals surface area contributed by atoms with Crippen LogP contribution >= 0.6 is 15.9 Å².